The van der Waals surface area contributed by atoms with E-state index in [0.717, 1.165) is 6.07 Å². The zero-order chi connectivity index (χ0) is 16.2. The molecule has 0 bridgehead atoms. The lowest BCUT2D eigenvalue weighted by molar-refractivity contribution is 0.287. The molecule has 0 amide bonds. The minimum absolute atomic E-state index is 0.0699. The summed E-state index contributed by atoms with van der Waals surface area (Å²) in [5, 5.41) is 0. The van der Waals surface area contributed by atoms with Crippen molar-refractivity contribution in [1.82, 2.24) is 4.72 Å². The van der Waals surface area contributed by atoms with Crippen LogP contribution in [0.2, 0.25) is 0 Å². The van der Waals surface area contributed by atoms with Gasteiger partial charge in [0.2, 0.25) is 10.0 Å². The predicted molar refractivity (Wildman–Crippen MR) is 82.9 cm³/mol. The summed E-state index contributed by atoms with van der Waals surface area (Å²) in [4.78, 5) is 0.0699. The van der Waals surface area contributed by atoms with E-state index in [-0.39, 0.29) is 11.5 Å². The van der Waals surface area contributed by atoms with Crippen LogP contribution in [0, 0.1) is 12.7 Å². The Kier molecular flexibility index (Phi) is 5.15. The summed E-state index contributed by atoms with van der Waals surface area (Å²) < 4.78 is 45.7. The molecule has 1 N–H and O–H groups in total. The van der Waals surface area contributed by atoms with Crippen molar-refractivity contribution in [3.05, 3.63) is 59.9 Å². The Balaban J connectivity index is 2.02. The Morgan fingerprint density at radius 1 is 1.18 bits per heavy atom. The summed E-state index contributed by atoms with van der Waals surface area (Å²) in [6, 6.07) is 12.3. The van der Waals surface area contributed by atoms with Gasteiger partial charge in [-0.3, -0.25) is 0 Å². The van der Waals surface area contributed by atoms with Crippen molar-refractivity contribution in [1.29, 1.82) is 0 Å². The summed E-state index contributed by atoms with van der Waals surface area (Å²) in [6.45, 7) is 3.46. The highest BCUT2D eigenvalue weighted by Gasteiger charge is 2.20. The summed E-state index contributed by atoms with van der Waals surface area (Å²) in [6.07, 6.45) is 0. The van der Waals surface area contributed by atoms with Crippen LogP contribution in [-0.2, 0) is 10.0 Å². The van der Waals surface area contributed by atoms with Crippen molar-refractivity contribution in [3.63, 3.8) is 0 Å². The van der Waals surface area contributed by atoms with Crippen LogP contribution in [0.1, 0.15) is 12.5 Å². The summed E-state index contributed by atoms with van der Waals surface area (Å²) in [5.41, 5.74) is 0.365. The van der Waals surface area contributed by atoms with Crippen molar-refractivity contribution in [2.45, 2.75) is 24.8 Å². The molecule has 0 radical (unpaired) electrons. The van der Waals surface area contributed by atoms with E-state index < -0.39 is 21.9 Å². The van der Waals surface area contributed by atoms with Crippen molar-refractivity contribution in [3.8, 4) is 5.75 Å². The van der Waals surface area contributed by atoms with E-state index >= 15 is 0 Å². The first-order chi connectivity index (χ1) is 10.4. The molecule has 0 saturated carbocycles. The molecule has 0 spiro atoms. The molecular weight excluding hydrogens is 305 g/mol. The lowest BCUT2D eigenvalue weighted by Crippen LogP contribution is -2.37. The number of hydrogen-bond acceptors (Lipinski definition) is 3. The molecule has 0 aliphatic carbocycles. The highest BCUT2D eigenvalue weighted by Crippen LogP contribution is 2.16. The molecule has 4 nitrogen and oxygen atoms in total. The molecule has 2 rings (SSSR count). The maximum atomic E-state index is 13.1. The van der Waals surface area contributed by atoms with Crippen LogP contribution in [0.4, 0.5) is 4.39 Å². The van der Waals surface area contributed by atoms with E-state index in [0.29, 0.717) is 11.3 Å². The van der Waals surface area contributed by atoms with Crippen molar-refractivity contribution in [2.24, 2.45) is 0 Å². The van der Waals surface area contributed by atoms with E-state index in [1.54, 1.807) is 26.0 Å². The highest BCUT2D eigenvalue weighted by atomic mass is 32.2. The molecule has 22 heavy (non-hydrogen) atoms. The number of aryl methyl sites for hydroxylation is 1. The second-order valence-corrected chi connectivity index (χ2v) is 6.74. The third-order valence-electron chi connectivity index (χ3n) is 3.03. The van der Waals surface area contributed by atoms with Gasteiger partial charge in [-0.15, -0.1) is 0 Å². The number of ether oxygens (including phenoxy) is 1. The Hall–Kier alpha value is -1.92. The predicted octanol–water partition coefficient (Wildman–Crippen LogP) is 2.88. The SMILES string of the molecule is Cc1cc(F)ccc1S(=O)(=O)N[C@H](C)COc1ccccc1. The Morgan fingerprint density at radius 3 is 2.50 bits per heavy atom. The van der Waals surface area contributed by atoms with Gasteiger partial charge < -0.3 is 4.74 Å². The van der Waals surface area contributed by atoms with Crippen LogP contribution < -0.4 is 9.46 Å². The van der Waals surface area contributed by atoms with Gasteiger partial charge in [-0.1, -0.05) is 18.2 Å². The number of nitrogens with one attached hydrogen (secondary N) is 1. The quantitative estimate of drug-likeness (QED) is 0.889. The monoisotopic (exact) mass is 323 g/mol. The molecule has 2 aromatic carbocycles. The van der Waals surface area contributed by atoms with Gasteiger partial charge in [-0.2, -0.15) is 0 Å². The number of benzene rings is 2. The second-order valence-electron chi connectivity index (χ2n) is 5.06. The van der Waals surface area contributed by atoms with Crippen LogP contribution in [0.15, 0.2) is 53.4 Å². The third-order valence-corrected chi connectivity index (χ3v) is 4.78. The average molecular weight is 323 g/mol. The lowest BCUT2D eigenvalue weighted by Gasteiger charge is -2.16. The lowest BCUT2D eigenvalue weighted by atomic mass is 10.2. The van der Waals surface area contributed by atoms with E-state index in [4.69, 9.17) is 4.74 Å². The Bertz CT molecular complexity index is 732. The zero-order valence-electron chi connectivity index (χ0n) is 12.4. The smallest absolute Gasteiger partial charge is 0.241 e. The van der Waals surface area contributed by atoms with E-state index in [2.05, 4.69) is 4.72 Å². The van der Waals surface area contributed by atoms with Crippen molar-refractivity contribution >= 4 is 10.0 Å². The normalized spacial score (nSPS) is 12.9. The maximum Gasteiger partial charge on any atom is 0.241 e. The molecule has 0 fully saturated rings. The third kappa shape index (κ3) is 4.29. The zero-order valence-corrected chi connectivity index (χ0v) is 13.2. The second kappa shape index (κ2) is 6.89. The van der Waals surface area contributed by atoms with Crippen molar-refractivity contribution < 1.29 is 17.5 Å². The first-order valence-electron chi connectivity index (χ1n) is 6.85. The van der Waals surface area contributed by atoms with Gasteiger partial charge in [0.25, 0.3) is 0 Å². The minimum Gasteiger partial charge on any atom is -0.492 e. The molecule has 0 unspecified atom stereocenters. The van der Waals surface area contributed by atoms with Crippen molar-refractivity contribution in [2.75, 3.05) is 6.61 Å². The van der Waals surface area contributed by atoms with Gasteiger partial charge >= 0.3 is 0 Å². The topological polar surface area (TPSA) is 55.4 Å². The highest BCUT2D eigenvalue weighted by molar-refractivity contribution is 7.89. The molecule has 1 atom stereocenters. The van der Waals surface area contributed by atoms with Crippen LogP contribution in [-0.4, -0.2) is 21.1 Å². The van der Waals surface area contributed by atoms with E-state index in [9.17, 15) is 12.8 Å². The standard InChI is InChI=1S/C16H18FNO3S/c1-12-10-14(17)8-9-16(12)22(19,20)18-13(2)11-21-15-6-4-3-5-7-15/h3-10,13,18H,11H2,1-2H3/t13-/m1/s1. The molecule has 0 aliphatic heterocycles. The van der Waals surface area contributed by atoms with Gasteiger partial charge in [0.1, 0.15) is 18.2 Å². The molecular formula is C16H18FNO3S. The molecule has 0 heterocycles. The number of rotatable bonds is 6. The van der Waals surface area contributed by atoms with Gasteiger partial charge in [0.05, 0.1) is 10.9 Å². The first kappa shape index (κ1) is 16.5. The summed E-state index contributed by atoms with van der Waals surface area (Å²) >= 11 is 0. The molecule has 0 saturated heterocycles. The molecule has 6 heteroatoms. The number of halogens is 1. The molecule has 118 valence electrons. The maximum absolute atomic E-state index is 13.1. The Morgan fingerprint density at radius 2 is 1.86 bits per heavy atom. The summed E-state index contributed by atoms with van der Waals surface area (Å²) in [7, 11) is -3.71. The van der Waals surface area contributed by atoms with E-state index in [1.807, 2.05) is 18.2 Å². The van der Waals surface area contributed by atoms with Gasteiger partial charge in [0, 0.05) is 0 Å². The van der Waals surface area contributed by atoms with Gasteiger partial charge in [0.15, 0.2) is 0 Å². The average Bonchev–Trinajstić information content (AvgIpc) is 2.45. The number of para-hydroxylation sites is 1. The van der Waals surface area contributed by atoms with Gasteiger partial charge in [-0.05, 0) is 49.7 Å². The van der Waals surface area contributed by atoms with Crippen LogP contribution in [0.25, 0.3) is 0 Å². The fourth-order valence-electron chi connectivity index (χ4n) is 2.01. The minimum atomic E-state index is -3.71. The van der Waals surface area contributed by atoms with Crippen LogP contribution in [0.5, 0.6) is 5.75 Å². The molecule has 2 aromatic rings. The van der Waals surface area contributed by atoms with Crippen LogP contribution >= 0.6 is 0 Å². The molecule has 0 aliphatic rings. The fraction of sp³-hybridized carbons (Fsp3) is 0.250. The largest absolute Gasteiger partial charge is 0.492 e. The molecule has 0 aromatic heterocycles. The van der Waals surface area contributed by atoms with Gasteiger partial charge in [-0.25, -0.2) is 17.5 Å². The summed E-state index contributed by atoms with van der Waals surface area (Å²) in [5.74, 6) is 0.212. The first-order valence-corrected chi connectivity index (χ1v) is 8.33. The van der Waals surface area contributed by atoms with E-state index in [1.165, 1.54) is 12.1 Å². The number of sulfonamides is 1. The van der Waals surface area contributed by atoms with Crippen LogP contribution in [0.3, 0.4) is 0 Å². The number of hydrogen-bond donors (Lipinski definition) is 1. The Labute approximate surface area is 130 Å². The fourth-order valence-corrected chi connectivity index (χ4v) is 3.47.